The Kier molecular flexibility index (Phi) is 4.53. The molecule has 2 aromatic carbocycles. The van der Waals surface area contributed by atoms with Crippen molar-refractivity contribution in [1.82, 2.24) is 0 Å². The number of hydrogen-bond donors (Lipinski definition) is 2. The molecule has 2 aromatic rings. The van der Waals surface area contributed by atoms with Crippen LogP contribution in [0.5, 0.6) is 0 Å². The van der Waals surface area contributed by atoms with Gasteiger partial charge in [0.25, 0.3) is 0 Å². The standard InChI is InChI=1S/C13H9Cl3N2S/c14-7-2-4-11(10(16)5-7)18-12-6-8(15)1-3-9(12)13(17)19/h1-6,18H,(H2,17,19). The summed E-state index contributed by atoms with van der Waals surface area (Å²) >= 11 is 22.9. The third kappa shape index (κ3) is 3.51. The van der Waals surface area contributed by atoms with Crippen LogP contribution in [-0.4, -0.2) is 4.99 Å². The van der Waals surface area contributed by atoms with Crippen LogP contribution in [0.2, 0.25) is 15.1 Å². The summed E-state index contributed by atoms with van der Waals surface area (Å²) in [5, 5.41) is 4.79. The number of halogens is 3. The van der Waals surface area contributed by atoms with Crippen LogP contribution >= 0.6 is 47.0 Å². The van der Waals surface area contributed by atoms with Gasteiger partial charge in [0, 0.05) is 15.6 Å². The van der Waals surface area contributed by atoms with E-state index in [4.69, 9.17) is 52.8 Å². The van der Waals surface area contributed by atoms with E-state index in [1.54, 1.807) is 36.4 Å². The molecule has 0 fully saturated rings. The lowest BCUT2D eigenvalue weighted by Gasteiger charge is -2.13. The highest BCUT2D eigenvalue weighted by molar-refractivity contribution is 7.80. The molecule has 0 heterocycles. The molecule has 0 radical (unpaired) electrons. The van der Waals surface area contributed by atoms with Gasteiger partial charge in [-0.3, -0.25) is 0 Å². The number of hydrogen-bond acceptors (Lipinski definition) is 2. The van der Waals surface area contributed by atoms with E-state index in [-0.39, 0.29) is 4.99 Å². The van der Waals surface area contributed by atoms with Crippen molar-refractivity contribution in [2.45, 2.75) is 0 Å². The van der Waals surface area contributed by atoms with E-state index in [9.17, 15) is 0 Å². The monoisotopic (exact) mass is 330 g/mol. The predicted octanol–water partition coefficient (Wildman–Crippen LogP) is 5.02. The van der Waals surface area contributed by atoms with Gasteiger partial charge in [-0.05, 0) is 36.4 Å². The van der Waals surface area contributed by atoms with Crippen molar-refractivity contribution < 1.29 is 0 Å². The highest BCUT2D eigenvalue weighted by Gasteiger charge is 2.08. The molecular formula is C13H9Cl3N2S. The summed E-state index contributed by atoms with van der Waals surface area (Å²) in [6.45, 7) is 0. The summed E-state index contributed by atoms with van der Waals surface area (Å²) in [4.78, 5) is 0.282. The van der Waals surface area contributed by atoms with Crippen molar-refractivity contribution in [1.29, 1.82) is 0 Å². The molecule has 6 heteroatoms. The summed E-state index contributed by atoms with van der Waals surface area (Å²) < 4.78 is 0. The first-order valence-corrected chi connectivity index (χ1v) is 6.83. The summed E-state index contributed by atoms with van der Waals surface area (Å²) in [6.07, 6.45) is 0. The molecule has 0 amide bonds. The van der Waals surface area contributed by atoms with Crippen LogP contribution in [0.25, 0.3) is 0 Å². The van der Waals surface area contributed by atoms with Gasteiger partial charge in [0.05, 0.1) is 16.4 Å². The molecule has 0 aromatic heterocycles. The largest absolute Gasteiger partial charge is 0.389 e. The molecule has 0 saturated carbocycles. The van der Waals surface area contributed by atoms with E-state index in [0.717, 1.165) is 0 Å². The highest BCUT2D eigenvalue weighted by atomic mass is 35.5. The van der Waals surface area contributed by atoms with Crippen LogP contribution < -0.4 is 11.1 Å². The molecule has 2 nitrogen and oxygen atoms in total. The Balaban J connectivity index is 2.42. The van der Waals surface area contributed by atoms with Gasteiger partial charge >= 0.3 is 0 Å². The smallest absolute Gasteiger partial charge is 0.106 e. The first-order chi connectivity index (χ1) is 8.97. The Morgan fingerprint density at radius 1 is 0.947 bits per heavy atom. The van der Waals surface area contributed by atoms with E-state index in [1.165, 1.54) is 0 Å². The van der Waals surface area contributed by atoms with E-state index in [1.807, 2.05) is 0 Å². The molecule has 0 aliphatic heterocycles. The average molecular weight is 332 g/mol. The number of benzene rings is 2. The molecule has 0 aliphatic carbocycles. The Morgan fingerprint density at radius 2 is 1.58 bits per heavy atom. The molecular weight excluding hydrogens is 323 g/mol. The van der Waals surface area contributed by atoms with Crippen molar-refractivity contribution in [2.75, 3.05) is 5.32 Å². The van der Waals surface area contributed by atoms with E-state index in [2.05, 4.69) is 5.32 Å². The Morgan fingerprint density at radius 3 is 2.21 bits per heavy atom. The zero-order valence-corrected chi connectivity index (χ0v) is 12.7. The van der Waals surface area contributed by atoms with Gasteiger partial charge in [-0.25, -0.2) is 0 Å². The molecule has 0 bridgehead atoms. The minimum Gasteiger partial charge on any atom is -0.389 e. The fourth-order valence-electron chi connectivity index (χ4n) is 1.57. The van der Waals surface area contributed by atoms with Crippen LogP contribution in [0.1, 0.15) is 5.56 Å². The van der Waals surface area contributed by atoms with Crippen molar-refractivity contribution in [3.8, 4) is 0 Å². The van der Waals surface area contributed by atoms with Crippen LogP contribution in [-0.2, 0) is 0 Å². The number of rotatable bonds is 3. The predicted molar refractivity (Wildman–Crippen MR) is 87.1 cm³/mol. The van der Waals surface area contributed by atoms with Gasteiger partial charge in [-0.2, -0.15) is 0 Å². The minimum absolute atomic E-state index is 0.282. The maximum Gasteiger partial charge on any atom is 0.106 e. The summed E-state index contributed by atoms with van der Waals surface area (Å²) in [5.74, 6) is 0. The zero-order chi connectivity index (χ0) is 14.0. The summed E-state index contributed by atoms with van der Waals surface area (Å²) in [6, 6.07) is 10.4. The molecule has 2 rings (SSSR count). The Hall–Kier alpha value is -1.000. The maximum atomic E-state index is 6.11. The Bertz CT molecular complexity index is 644. The lowest BCUT2D eigenvalue weighted by atomic mass is 10.1. The van der Waals surface area contributed by atoms with Crippen LogP contribution in [0, 0.1) is 0 Å². The van der Waals surface area contributed by atoms with Crippen LogP contribution in [0.4, 0.5) is 11.4 Å². The lowest BCUT2D eigenvalue weighted by molar-refractivity contribution is 1.52. The molecule has 3 N–H and O–H groups in total. The lowest BCUT2D eigenvalue weighted by Crippen LogP contribution is -2.11. The second kappa shape index (κ2) is 5.97. The quantitative estimate of drug-likeness (QED) is 0.775. The normalized spacial score (nSPS) is 10.3. The van der Waals surface area contributed by atoms with Gasteiger partial charge in [-0.15, -0.1) is 0 Å². The second-order valence-electron chi connectivity index (χ2n) is 3.80. The first kappa shape index (κ1) is 14.4. The molecule has 0 atom stereocenters. The van der Waals surface area contributed by atoms with Crippen molar-refractivity contribution in [3.05, 3.63) is 57.0 Å². The maximum absolute atomic E-state index is 6.11. The first-order valence-electron chi connectivity index (χ1n) is 5.29. The molecule has 98 valence electrons. The van der Waals surface area contributed by atoms with Gasteiger partial charge in [0.2, 0.25) is 0 Å². The number of nitrogens with two attached hydrogens (primary N) is 1. The highest BCUT2D eigenvalue weighted by Crippen LogP contribution is 2.30. The van der Waals surface area contributed by atoms with Crippen molar-refractivity contribution in [2.24, 2.45) is 5.73 Å². The molecule has 19 heavy (non-hydrogen) atoms. The molecule has 0 spiro atoms. The van der Waals surface area contributed by atoms with Crippen LogP contribution in [0.15, 0.2) is 36.4 Å². The fourth-order valence-corrected chi connectivity index (χ4v) is 2.38. The minimum atomic E-state index is 0.282. The SMILES string of the molecule is NC(=S)c1ccc(Cl)cc1Nc1ccc(Cl)cc1Cl. The fraction of sp³-hybridized carbons (Fsp3) is 0. The van der Waals surface area contributed by atoms with Crippen molar-refractivity contribution >= 4 is 63.4 Å². The van der Waals surface area contributed by atoms with Crippen LogP contribution in [0.3, 0.4) is 0 Å². The van der Waals surface area contributed by atoms with E-state index >= 15 is 0 Å². The van der Waals surface area contributed by atoms with Gasteiger partial charge in [-0.1, -0.05) is 47.0 Å². The van der Waals surface area contributed by atoms with Gasteiger partial charge in [0.1, 0.15) is 4.99 Å². The third-order valence-electron chi connectivity index (χ3n) is 2.45. The topological polar surface area (TPSA) is 38.0 Å². The van der Waals surface area contributed by atoms with E-state index < -0.39 is 0 Å². The summed E-state index contributed by atoms with van der Waals surface area (Å²) in [5.41, 5.74) is 7.77. The number of anilines is 2. The average Bonchev–Trinajstić information content (AvgIpc) is 2.32. The summed E-state index contributed by atoms with van der Waals surface area (Å²) in [7, 11) is 0. The second-order valence-corrected chi connectivity index (χ2v) is 5.52. The number of nitrogens with one attached hydrogen (secondary N) is 1. The van der Waals surface area contributed by atoms with E-state index in [0.29, 0.717) is 32.0 Å². The zero-order valence-electron chi connectivity index (χ0n) is 9.58. The number of thiocarbonyl (C=S) groups is 1. The third-order valence-corrected chi connectivity index (χ3v) is 3.45. The molecule has 0 aliphatic rings. The van der Waals surface area contributed by atoms with Gasteiger partial charge < -0.3 is 11.1 Å². The molecule has 0 unspecified atom stereocenters. The van der Waals surface area contributed by atoms with Crippen molar-refractivity contribution in [3.63, 3.8) is 0 Å². The Labute approximate surface area is 131 Å². The van der Waals surface area contributed by atoms with Gasteiger partial charge in [0.15, 0.2) is 0 Å². The molecule has 0 saturated heterocycles.